The SMILES string of the molecule is O=C1c2ccc(O[C@H]3CCN(Cc4ccc5nc(N6CCC(O)CC6)ccc5c4)C3)cc2CN1C1CCCNC1. The van der Waals surface area contributed by atoms with E-state index in [0.717, 1.165) is 112 Å². The maximum atomic E-state index is 13.0. The van der Waals surface area contributed by atoms with Gasteiger partial charge in [-0.15, -0.1) is 0 Å². The van der Waals surface area contributed by atoms with E-state index in [1.165, 1.54) is 5.56 Å². The second kappa shape index (κ2) is 11.0. The fraction of sp³-hybridized carbons (Fsp3) is 0.500. The number of anilines is 1. The van der Waals surface area contributed by atoms with Crippen LogP contribution in [0.5, 0.6) is 5.75 Å². The van der Waals surface area contributed by atoms with Crippen molar-refractivity contribution in [1.29, 1.82) is 0 Å². The van der Waals surface area contributed by atoms with Crippen LogP contribution < -0.4 is 15.0 Å². The van der Waals surface area contributed by atoms with Gasteiger partial charge >= 0.3 is 0 Å². The molecular weight excluding hydrogens is 502 g/mol. The number of pyridine rings is 1. The van der Waals surface area contributed by atoms with Crippen LogP contribution >= 0.6 is 0 Å². The van der Waals surface area contributed by atoms with E-state index in [-0.39, 0.29) is 18.1 Å². The predicted octanol–water partition coefficient (Wildman–Crippen LogP) is 3.56. The summed E-state index contributed by atoms with van der Waals surface area (Å²) in [4.78, 5) is 24.7. The van der Waals surface area contributed by atoms with Crippen molar-refractivity contribution in [3.05, 3.63) is 65.2 Å². The van der Waals surface area contributed by atoms with Crippen LogP contribution in [0.25, 0.3) is 10.9 Å². The number of nitrogens with one attached hydrogen (secondary N) is 1. The molecule has 3 fully saturated rings. The molecule has 4 aliphatic heterocycles. The van der Waals surface area contributed by atoms with Gasteiger partial charge in [0.2, 0.25) is 0 Å². The first-order valence-electron chi connectivity index (χ1n) is 15.0. The average Bonchev–Trinajstić information content (AvgIpc) is 3.56. The number of nitrogens with zero attached hydrogens (tertiary/aromatic N) is 4. The number of hydrogen-bond acceptors (Lipinski definition) is 7. The van der Waals surface area contributed by atoms with E-state index in [9.17, 15) is 9.90 Å². The van der Waals surface area contributed by atoms with Crippen molar-refractivity contribution in [1.82, 2.24) is 20.1 Å². The molecule has 0 radical (unpaired) electrons. The second-order valence-electron chi connectivity index (χ2n) is 11.9. The minimum absolute atomic E-state index is 0.154. The second-order valence-corrected chi connectivity index (χ2v) is 11.9. The van der Waals surface area contributed by atoms with Crippen LogP contribution in [0.15, 0.2) is 48.5 Å². The molecule has 0 spiro atoms. The number of carbonyl (C=O) groups excluding carboxylic acids is 1. The van der Waals surface area contributed by atoms with Gasteiger partial charge in [-0.2, -0.15) is 0 Å². The number of fused-ring (bicyclic) bond motifs is 2. The zero-order chi connectivity index (χ0) is 27.1. The summed E-state index contributed by atoms with van der Waals surface area (Å²) in [5.41, 5.74) is 4.23. The number of aliphatic hydroxyl groups excluding tert-OH is 1. The number of likely N-dealkylation sites (tertiary alicyclic amines) is 1. The Bertz CT molecular complexity index is 1380. The van der Waals surface area contributed by atoms with Crippen LogP contribution in [0.4, 0.5) is 5.82 Å². The Labute approximate surface area is 235 Å². The number of hydrogen-bond donors (Lipinski definition) is 2. The fourth-order valence-corrected chi connectivity index (χ4v) is 6.81. The van der Waals surface area contributed by atoms with Gasteiger partial charge in [-0.05, 0) is 92.2 Å². The first-order chi connectivity index (χ1) is 19.6. The lowest BCUT2D eigenvalue weighted by molar-refractivity contribution is 0.0674. The van der Waals surface area contributed by atoms with Crippen LogP contribution in [-0.2, 0) is 13.1 Å². The number of piperidine rings is 2. The van der Waals surface area contributed by atoms with E-state index in [4.69, 9.17) is 9.72 Å². The molecule has 1 aromatic heterocycles. The third-order valence-electron chi connectivity index (χ3n) is 9.09. The van der Waals surface area contributed by atoms with Crippen molar-refractivity contribution < 1.29 is 14.6 Å². The van der Waals surface area contributed by atoms with E-state index in [0.29, 0.717) is 12.6 Å². The first-order valence-corrected chi connectivity index (χ1v) is 15.0. The lowest BCUT2D eigenvalue weighted by Gasteiger charge is -2.31. The van der Waals surface area contributed by atoms with Gasteiger partial charge < -0.3 is 25.0 Å². The van der Waals surface area contributed by atoms with Crippen LogP contribution in [0, 0.1) is 0 Å². The zero-order valence-electron chi connectivity index (χ0n) is 23.1. The Kier molecular flexibility index (Phi) is 7.08. The summed E-state index contributed by atoms with van der Waals surface area (Å²) in [7, 11) is 0. The van der Waals surface area contributed by atoms with E-state index in [2.05, 4.69) is 51.5 Å². The number of aromatic nitrogens is 1. The van der Waals surface area contributed by atoms with Gasteiger partial charge in [0.25, 0.3) is 5.91 Å². The highest BCUT2D eigenvalue weighted by Crippen LogP contribution is 2.31. The van der Waals surface area contributed by atoms with Crippen LogP contribution in [0.1, 0.15) is 53.6 Å². The molecule has 4 aliphatic rings. The first kappa shape index (κ1) is 25.7. The molecule has 7 rings (SSSR count). The molecule has 3 aromatic rings. The third-order valence-corrected chi connectivity index (χ3v) is 9.09. The summed E-state index contributed by atoms with van der Waals surface area (Å²) in [6, 6.07) is 17.2. The quantitative estimate of drug-likeness (QED) is 0.494. The summed E-state index contributed by atoms with van der Waals surface area (Å²) in [6.07, 6.45) is 4.79. The number of ether oxygens (including phenoxy) is 1. The molecule has 5 heterocycles. The van der Waals surface area contributed by atoms with E-state index in [1.54, 1.807) is 0 Å². The highest BCUT2D eigenvalue weighted by atomic mass is 16.5. The molecule has 1 unspecified atom stereocenters. The molecular formula is C32H39N5O3. The van der Waals surface area contributed by atoms with Crippen LogP contribution in [0.2, 0.25) is 0 Å². The highest BCUT2D eigenvalue weighted by Gasteiger charge is 2.34. The molecule has 0 bridgehead atoms. The molecule has 0 aliphatic carbocycles. The van der Waals surface area contributed by atoms with Gasteiger partial charge in [0, 0.05) is 62.8 Å². The minimum Gasteiger partial charge on any atom is -0.489 e. The van der Waals surface area contributed by atoms with Crippen LogP contribution in [-0.4, -0.2) is 83.3 Å². The Morgan fingerprint density at radius 3 is 2.75 bits per heavy atom. The molecule has 0 saturated carbocycles. The molecule has 8 nitrogen and oxygen atoms in total. The molecule has 8 heteroatoms. The lowest BCUT2D eigenvalue weighted by atomic mass is 10.1. The Balaban J connectivity index is 0.952. The predicted molar refractivity (Wildman–Crippen MR) is 156 cm³/mol. The van der Waals surface area contributed by atoms with Gasteiger partial charge in [-0.3, -0.25) is 9.69 Å². The normalized spacial score (nSPS) is 24.2. The number of amides is 1. The molecule has 40 heavy (non-hydrogen) atoms. The van der Waals surface area contributed by atoms with Crippen molar-refractivity contribution in [2.24, 2.45) is 0 Å². The summed E-state index contributed by atoms with van der Waals surface area (Å²) in [5.74, 6) is 2.04. The van der Waals surface area contributed by atoms with Crippen molar-refractivity contribution >= 4 is 22.6 Å². The molecule has 2 atom stereocenters. The number of benzene rings is 2. The van der Waals surface area contributed by atoms with Gasteiger partial charge in [-0.1, -0.05) is 6.07 Å². The van der Waals surface area contributed by atoms with Gasteiger partial charge in [-0.25, -0.2) is 4.98 Å². The van der Waals surface area contributed by atoms with E-state index < -0.39 is 0 Å². The zero-order valence-corrected chi connectivity index (χ0v) is 23.1. The smallest absolute Gasteiger partial charge is 0.254 e. The van der Waals surface area contributed by atoms with Gasteiger partial charge in [0.05, 0.1) is 11.6 Å². The largest absolute Gasteiger partial charge is 0.489 e. The Morgan fingerprint density at radius 1 is 1.00 bits per heavy atom. The van der Waals surface area contributed by atoms with Crippen molar-refractivity contribution in [2.45, 2.75) is 63.4 Å². The summed E-state index contributed by atoms with van der Waals surface area (Å²) < 4.78 is 6.42. The fourth-order valence-electron chi connectivity index (χ4n) is 6.81. The highest BCUT2D eigenvalue weighted by molar-refractivity contribution is 5.98. The maximum Gasteiger partial charge on any atom is 0.254 e. The summed E-state index contributed by atoms with van der Waals surface area (Å²) in [6.45, 7) is 7.14. The third kappa shape index (κ3) is 5.28. The number of rotatable bonds is 6. The lowest BCUT2D eigenvalue weighted by Crippen LogP contribution is -2.46. The molecule has 2 aromatic carbocycles. The molecule has 3 saturated heterocycles. The number of carbonyl (C=O) groups is 1. The summed E-state index contributed by atoms with van der Waals surface area (Å²) in [5, 5.41) is 14.4. The topological polar surface area (TPSA) is 81.2 Å². The average molecular weight is 542 g/mol. The summed E-state index contributed by atoms with van der Waals surface area (Å²) >= 11 is 0. The Hall–Kier alpha value is -3.20. The van der Waals surface area contributed by atoms with Gasteiger partial charge in [0.15, 0.2) is 0 Å². The number of aliphatic hydroxyl groups is 1. The van der Waals surface area contributed by atoms with Gasteiger partial charge in [0.1, 0.15) is 17.7 Å². The molecule has 2 N–H and O–H groups in total. The van der Waals surface area contributed by atoms with E-state index >= 15 is 0 Å². The van der Waals surface area contributed by atoms with Crippen molar-refractivity contribution in [3.63, 3.8) is 0 Å². The monoisotopic (exact) mass is 541 g/mol. The molecule has 1 amide bonds. The molecule has 210 valence electrons. The van der Waals surface area contributed by atoms with Crippen molar-refractivity contribution in [2.75, 3.05) is 44.2 Å². The minimum atomic E-state index is -0.177. The van der Waals surface area contributed by atoms with E-state index in [1.807, 2.05) is 17.0 Å². The van der Waals surface area contributed by atoms with Crippen LogP contribution in [0.3, 0.4) is 0 Å². The maximum absolute atomic E-state index is 13.0. The Morgan fingerprint density at radius 2 is 1.90 bits per heavy atom. The van der Waals surface area contributed by atoms with Crippen molar-refractivity contribution in [3.8, 4) is 5.75 Å². The standard InChI is InChI=1S/C32H39N5O3/c38-26-9-14-36(15-10-26)31-8-4-23-16-22(3-7-30(23)34-31)19-35-13-11-28(21-35)40-27-5-6-29-24(17-27)20-37(32(29)39)25-2-1-12-33-18-25/h3-8,16-17,25-26,28,33,38H,1-2,9-15,18-21H2/t25?,28-/m0/s1.